The fourth-order valence-electron chi connectivity index (χ4n) is 4.93. The van der Waals surface area contributed by atoms with Crippen LogP contribution in [0.3, 0.4) is 0 Å². The summed E-state index contributed by atoms with van der Waals surface area (Å²) in [6.45, 7) is 7.08. The number of ether oxygens (including phenoxy) is 2. The van der Waals surface area contributed by atoms with E-state index < -0.39 is 0 Å². The van der Waals surface area contributed by atoms with E-state index in [2.05, 4.69) is 13.8 Å². The molecule has 0 saturated heterocycles. The zero-order valence-electron chi connectivity index (χ0n) is 23.8. The summed E-state index contributed by atoms with van der Waals surface area (Å²) in [6.07, 6.45) is 4.65. The van der Waals surface area contributed by atoms with E-state index in [4.69, 9.17) is 9.47 Å². The molecule has 0 bridgehead atoms. The zero-order chi connectivity index (χ0) is 27.5. The summed E-state index contributed by atoms with van der Waals surface area (Å²) >= 11 is 0. The van der Waals surface area contributed by atoms with Crippen LogP contribution in [0.2, 0.25) is 0 Å². The summed E-state index contributed by atoms with van der Waals surface area (Å²) in [5, 5.41) is 0. The number of hydrogen-bond acceptors (Lipinski definition) is 5. The summed E-state index contributed by atoms with van der Waals surface area (Å²) in [5.74, 6) is 0.944. The number of carbonyl (C=O) groups is 2. The number of hydrogen-bond donors (Lipinski definition) is 0. The third-order valence-corrected chi connectivity index (χ3v) is 7.05. The Kier molecular flexibility index (Phi) is 11.5. The van der Waals surface area contributed by atoms with Gasteiger partial charge < -0.3 is 24.2 Å². The number of carbonyl (C=O) groups excluding carboxylic acids is 2. The second kappa shape index (κ2) is 14.8. The van der Waals surface area contributed by atoms with Gasteiger partial charge in [0.25, 0.3) is 11.8 Å². The molecule has 0 aliphatic carbocycles. The smallest absolute Gasteiger partial charge is 0.257 e. The van der Waals surface area contributed by atoms with Crippen molar-refractivity contribution in [2.24, 2.45) is 5.92 Å². The summed E-state index contributed by atoms with van der Waals surface area (Å²) < 4.78 is 11.6. The minimum absolute atomic E-state index is 0.0340. The summed E-state index contributed by atoms with van der Waals surface area (Å²) in [6, 6.07) is 15.1. The molecule has 3 rings (SSSR count). The molecule has 0 radical (unpaired) electrons. The van der Waals surface area contributed by atoms with Gasteiger partial charge in [0.2, 0.25) is 0 Å². The van der Waals surface area contributed by atoms with E-state index in [0.717, 1.165) is 37.8 Å². The van der Waals surface area contributed by atoms with Gasteiger partial charge in [0.15, 0.2) is 0 Å². The topological polar surface area (TPSA) is 62.3 Å². The molecule has 1 heterocycles. The molecular weight excluding hydrogens is 478 g/mol. The van der Waals surface area contributed by atoms with Crippen molar-refractivity contribution < 1.29 is 19.1 Å². The first kappa shape index (κ1) is 29.5. The van der Waals surface area contributed by atoms with Gasteiger partial charge in [0, 0.05) is 52.1 Å². The molecular formula is C31H45N3O4. The number of fused-ring (bicyclic) bond motifs is 1. The molecule has 1 aliphatic rings. The van der Waals surface area contributed by atoms with Crippen molar-refractivity contribution in [3.8, 4) is 5.75 Å². The van der Waals surface area contributed by atoms with Gasteiger partial charge in [-0.25, -0.2) is 0 Å². The molecule has 0 fully saturated rings. The molecule has 0 unspecified atom stereocenters. The highest BCUT2D eigenvalue weighted by molar-refractivity contribution is 5.97. The van der Waals surface area contributed by atoms with Crippen LogP contribution in [0.4, 0.5) is 5.69 Å². The fourth-order valence-corrected chi connectivity index (χ4v) is 4.93. The summed E-state index contributed by atoms with van der Waals surface area (Å²) in [7, 11) is 5.64. The van der Waals surface area contributed by atoms with Crippen molar-refractivity contribution in [1.82, 2.24) is 9.80 Å². The molecule has 1 aliphatic heterocycles. The Balaban J connectivity index is 1.91. The lowest BCUT2D eigenvalue weighted by Gasteiger charge is -2.34. The van der Waals surface area contributed by atoms with Gasteiger partial charge in [-0.2, -0.15) is 0 Å². The largest absolute Gasteiger partial charge is 0.491 e. The second-order valence-electron chi connectivity index (χ2n) is 10.7. The highest BCUT2D eigenvalue weighted by atomic mass is 16.5. The highest BCUT2D eigenvalue weighted by Crippen LogP contribution is 2.24. The Morgan fingerprint density at radius 2 is 1.71 bits per heavy atom. The van der Waals surface area contributed by atoms with E-state index in [1.165, 1.54) is 0 Å². The minimum atomic E-state index is -0.105. The third-order valence-electron chi connectivity index (χ3n) is 7.05. The number of rotatable bonds is 7. The molecule has 7 heteroatoms. The molecule has 0 spiro atoms. The molecule has 1 atom stereocenters. The lowest BCUT2D eigenvalue weighted by molar-refractivity contribution is 0.0561. The van der Waals surface area contributed by atoms with E-state index in [0.29, 0.717) is 55.6 Å². The van der Waals surface area contributed by atoms with Crippen molar-refractivity contribution in [2.45, 2.75) is 52.0 Å². The van der Waals surface area contributed by atoms with Crippen molar-refractivity contribution in [3.05, 3.63) is 59.7 Å². The highest BCUT2D eigenvalue weighted by Gasteiger charge is 2.27. The van der Waals surface area contributed by atoms with Crippen molar-refractivity contribution in [2.75, 3.05) is 59.0 Å². The SMILES string of the molecule is COCCN1CCCCCCN(C(=O)c2ccc(N(C)C)cc2)[C@@H](CC(C)C)COc2ccccc2C1=O. The quantitative estimate of drug-likeness (QED) is 0.490. The Hall–Kier alpha value is -3.06. The summed E-state index contributed by atoms with van der Waals surface area (Å²) in [4.78, 5) is 33.3. The average Bonchev–Trinajstić information content (AvgIpc) is 2.91. The van der Waals surface area contributed by atoms with Crippen LogP contribution < -0.4 is 9.64 Å². The number of methoxy groups -OCH3 is 1. The standard InChI is InChI=1S/C31H45N3O4/c1-24(2)22-27-23-38-29-13-9-8-12-28(29)31(36)33(20-21-37-5)18-10-6-7-11-19-34(27)30(35)25-14-16-26(17-15-25)32(3)4/h8-9,12-17,24,27H,6-7,10-11,18-23H2,1-5H3/t27-/m0/s1. The predicted octanol–water partition coefficient (Wildman–Crippen LogP) is 5.35. The molecule has 208 valence electrons. The van der Waals surface area contributed by atoms with E-state index in [1.54, 1.807) is 7.11 Å². The lowest BCUT2D eigenvalue weighted by atomic mass is 10.0. The van der Waals surface area contributed by atoms with E-state index in [9.17, 15) is 9.59 Å². The van der Waals surface area contributed by atoms with Gasteiger partial charge in [0.1, 0.15) is 12.4 Å². The van der Waals surface area contributed by atoms with Crippen LogP contribution in [0.5, 0.6) is 5.75 Å². The minimum Gasteiger partial charge on any atom is -0.491 e. The molecule has 0 N–H and O–H groups in total. The number of para-hydroxylation sites is 1. The lowest BCUT2D eigenvalue weighted by Crippen LogP contribution is -2.45. The first-order valence-corrected chi connectivity index (χ1v) is 13.9. The Bertz CT molecular complexity index is 1020. The predicted molar refractivity (Wildman–Crippen MR) is 153 cm³/mol. The Morgan fingerprint density at radius 1 is 1.03 bits per heavy atom. The monoisotopic (exact) mass is 523 g/mol. The Morgan fingerprint density at radius 3 is 2.37 bits per heavy atom. The van der Waals surface area contributed by atoms with Crippen LogP contribution >= 0.6 is 0 Å². The summed E-state index contributed by atoms with van der Waals surface area (Å²) in [5.41, 5.74) is 2.31. The molecule has 7 nitrogen and oxygen atoms in total. The fraction of sp³-hybridized carbons (Fsp3) is 0.548. The third kappa shape index (κ3) is 8.22. The van der Waals surface area contributed by atoms with Crippen molar-refractivity contribution in [3.63, 3.8) is 0 Å². The first-order valence-electron chi connectivity index (χ1n) is 13.9. The van der Waals surface area contributed by atoms with E-state index in [1.807, 2.05) is 77.3 Å². The van der Waals surface area contributed by atoms with Crippen LogP contribution in [0.15, 0.2) is 48.5 Å². The Labute approximate surface area is 228 Å². The molecule has 0 saturated carbocycles. The van der Waals surface area contributed by atoms with Gasteiger partial charge in [-0.1, -0.05) is 38.8 Å². The van der Waals surface area contributed by atoms with Gasteiger partial charge >= 0.3 is 0 Å². The second-order valence-corrected chi connectivity index (χ2v) is 10.7. The first-order chi connectivity index (χ1) is 18.3. The normalized spacial score (nSPS) is 17.5. The molecule has 2 aromatic carbocycles. The maximum atomic E-state index is 13.8. The van der Waals surface area contributed by atoms with E-state index in [-0.39, 0.29) is 17.9 Å². The van der Waals surface area contributed by atoms with Crippen molar-refractivity contribution >= 4 is 17.5 Å². The van der Waals surface area contributed by atoms with Gasteiger partial charge in [-0.3, -0.25) is 9.59 Å². The number of amides is 2. The van der Waals surface area contributed by atoms with Crippen LogP contribution in [0.1, 0.15) is 66.7 Å². The zero-order valence-corrected chi connectivity index (χ0v) is 23.8. The number of anilines is 1. The van der Waals surface area contributed by atoms with Crippen LogP contribution in [-0.4, -0.2) is 81.7 Å². The van der Waals surface area contributed by atoms with Crippen LogP contribution in [-0.2, 0) is 4.74 Å². The van der Waals surface area contributed by atoms with Gasteiger partial charge in [-0.05, 0) is 61.6 Å². The maximum Gasteiger partial charge on any atom is 0.257 e. The molecule has 38 heavy (non-hydrogen) atoms. The van der Waals surface area contributed by atoms with Gasteiger partial charge in [-0.15, -0.1) is 0 Å². The van der Waals surface area contributed by atoms with Gasteiger partial charge in [0.05, 0.1) is 18.2 Å². The maximum absolute atomic E-state index is 13.8. The molecule has 0 aromatic heterocycles. The average molecular weight is 524 g/mol. The van der Waals surface area contributed by atoms with Crippen LogP contribution in [0.25, 0.3) is 0 Å². The van der Waals surface area contributed by atoms with Crippen molar-refractivity contribution in [1.29, 1.82) is 0 Å². The number of benzene rings is 2. The molecule has 2 amide bonds. The van der Waals surface area contributed by atoms with E-state index >= 15 is 0 Å². The van der Waals surface area contributed by atoms with Crippen LogP contribution in [0, 0.1) is 5.92 Å². The number of nitrogens with zero attached hydrogens (tertiary/aromatic N) is 3. The molecule has 2 aromatic rings.